The van der Waals surface area contributed by atoms with Crippen LogP contribution in [0.15, 0.2) is 12.3 Å². The summed E-state index contributed by atoms with van der Waals surface area (Å²) in [6.45, 7) is 3.98. The van der Waals surface area contributed by atoms with Gasteiger partial charge in [0, 0.05) is 0 Å². The van der Waals surface area contributed by atoms with E-state index in [1.54, 1.807) is 6.92 Å². The van der Waals surface area contributed by atoms with E-state index in [4.69, 9.17) is 5.11 Å². The van der Waals surface area contributed by atoms with Gasteiger partial charge >= 0.3 is 0 Å². The molecule has 0 aliphatic carbocycles. The Kier molecular flexibility index (Phi) is 12.2. The van der Waals surface area contributed by atoms with Crippen molar-refractivity contribution in [2.75, 3.05) is 0 Å². The van der Waals surface area contributed by atoms with E-state index < -0.39 is 6.23 Å². The molecule has 0 aliphatic heterocycles. The first-order valence-electron chi connectivity index (χ1n) is 6.86. The quantitative estimate of drug-likeness (QED) is 0.413. The first-order valence-corrected chi connectivity index (χ1v) is 6.86. The summed E-state index contributed by atoms with van der Waals surface area (Å²) < 4.78 is 0. The molecular formula is C14H29NO. The summed E-state index contributed by atoms with van der Waals surface area (Å²) in [5.41, 5.74) is 0. The SMILES string of the molecule is CCCCCCCCCCC=CNC(C)O. The van der Waals surface area contributed by atoms with E-state index in [1.807, 2.05) is 6.20 Å². The fourth-order valence-electron chi connectivity index (χ4n) is 1.69. The monoisotopic (exact) mass is 227 g/mol. The van der Waals surface area contributed by atoms with Crippen molar-refractivity contribution in [1.29, 1.82) is 0 Å². The third kappa shape index (κ3) is 13.5. The maximum atomic E-state index is 8.93. The second-order valence-electron chi connectivity index (χ2n) is 4.51. The lowest BCUT2D eigenvalue weighted by atomic mass is 10.1. The number of aliphatic hydroxyl groups excluding tert-OH is 1. The maximum Gasteiger partial charge on any atom is 0.121 e. The second-order valence-corrected chi connectivity index (χ2v) is 4.51. The Morgan fingerprint density at radius 3 is 2.12 bits per heavy atom. The number of unbranched alkanes of at least 4 members (excludes halogenated alkanes) is 8. The average Bonchev–Trinajstić information content (AvgIpc) is 2.25. The van der Waals surface area contributed by atoms with Gasteiger partial charge in [-0.1, -0.05) is 57.9 Å². The Bertz CT molecular complexity index is 155. The molecule has 1 unspecified atom stereocenters. The highest BCUT2D eigenvalue weighted by Crippen LogP contribution is 2.09. The molecule has 0 aromatic carbocycles. The van der Waals surface area contributed by atoms with Crippen LogP contribution >= 0.6 is 0 Å². The van der Waals surface area contributed by atoms with Crippen LogP contribution in [-0.2, 0) is 0 Å². The zero-order valence-corrected chi connectivity index (χ0v) is 11.0. The van der Waals surface area contributed by atoms with Crippen molar-refractivity contribution < 1.29 is 5.11 Å². The van der Waals surface area contributed by atoms with E-state index in [-0.39, 0.29) is 0 Å². The Balaban J connectivity index is 3.01. The molecular weight excluding hydrogens is 198 g/mol. The number of allylic oxidation sites excluding steroid dienone is 1. The first-order chi connectivity index (χ1) is 7.77. The highest BCUT2D eigenvalue weighted by atomic mass is 16.3. The van der Waals surface area contributed by atoms with Gasteiger partial charge < -0.3 is 10.4 Å². The summed E-state index contributed by atoms with van der Waals surface area (Å²) in [6, 6.07) is 0. The summed E-state index contributed by atoms with van der Waals surface area (Å²) in [4.78, 5) is 0. The number of hydrogen-bond acceptors (Lipinski definition) is 2. The van der Waals surface area contributed by atoms with Gasteiger partial charge in [-0.2, -0.15) is 0 Å². The number of hydrogen-bond donors (Lipinski definition) is 2. The van der Waals surface area contributed by atoms with Crippen molar-refractivity contribution in [1.82, 2.24) is 5.32 Å². The lowest BCUT2D eigenvalue weighted by Gasteiger charge is -2.02. The number of nitrogens with one attached hydrogen (secondary N) is 1. The molecule has 96 valence electrons. The van der Waals surface area contributed by atoms with Crippen molar-refractivity contribution in [2.45, 2.75) is 77.9 Å². The molecule has 2 nitrogen and oxygen atoms in total. The molecule has 0 radical (unpaired) electrons. The van der Waals surface area contributed by atoms with E-state index >= 15 is 0 Å². The van der Waals surface area contributed by atoms with Gasteiger partial charge in [0.2, 0.25) is 0 Å². The minimum atomic E-state index is -0.435. The van der Waals surface area contributed by atoms with E-state index in [1.165, 1.54) is 51.4 Å². The van der Waals surface area contributed by atoms with Gasteiger partial charge in [-0.3, -0.25) is 0 Å². The zero-order valence-electron chi connectivity index (χ0n) is 11.0. The molecule has 1 atom stereocenters. The lowest BCUT2D eigenvalue weighted by molar-refractivity contribution is 0.173. The standard InChI is InChI=1S/C14H29NO/c1-3-4-5-6-7-8-9-10-11-12-13-15-14(2)16/h12-16H,3-11H2,1-2H3. The van der Waals surface area contributed by atoms with Crippen molar-refractivity contribution in [3.05, 3.63) is 12.3 Å². The minimum absolute atomic E-state index is 0.435. The molecule has 2 heteroatoms. The molecule has 16 heavy (non-hydrogen) atoms. The summed E-state index contributed by atoms with van der Waals surface area (Å²) in [7, 11) is 0. The molecule has 0 aliphatic rings. The first kappa shape index (κ1) is 15.5. The average molecular weight is 227 g/mol. The Hall–Kier alpha value is -0.500. The van der Waals surface area contributed by atoms with Gasteiger partial charge in [0.15, 0.2) is 0 Å². The van der Waals surface area contributed by atoms with Gasteiger partial charge in [-0.05, 0) is 26.0 Å². The summed E-state index contributed by atoms with van der Waals surface area (Å²) in [6.07, 6.45) is 15.6. The topological polar surface area (TPSA) is 32.3 Å². The predicted octanol–water partition coefficient (Wildman–Crippen LogP) is 3.96. The second kappa shape index (κ2) is 12.6. The van der Waals surface area contributed by atoms with E-state index in [0.717, 1.165) is 6.42 Å². The number of rotatable bonds is 11. The Morgan fingerprint density at radius 2 is 1.56 bits per heavy atom. The molecule has 0 heterocycles. The van der Waals surface area contributed by atoms with Crippen LogP contribution in [0, 0.1) is 0 Å². The van der Waals surface area contributed by atoms with E-state index in [0.29, 0.717) is 0 Å². The molecule has 0 fully saturated rings. The summed E-state index contributed by atoms with van der Waals surface area (Å²) in [5.74, 6) is 0. The van der Waals surface area contributed by atoms with Crippen LogP contribution in [0.3, 0.4) is 0 Å². The minimum Gasteiger partial charge on any atom is -0.374 e. The van der Waals surface area contributed by atoms with E-state index in [2.05, 4.69) is 18.3 Å². The van der Waals surface area contributed by atoms with E-state index in [9.17, 15) is 0 Å². The van der Waals surface area contributed by atoms with Crippen LogP contribution in [0.1, 0.15) is 71.6 Å². The maximum absolute atomic E-state index is 8.93. The molecule has 0 saturated heterocycles. The van der Waals surface area contributed by atoms with Crippen LogP contribution in [0.5, 0.6) is 0 Å². The van der Waals surface area contributed by atoms with Crippen LogP contribution in [0.25, 0.3) is 0 Å². The van der Waals surface area contributed by atoms with Crippen LogP contribution in [0.4, 0.5) is 0 Å². The summed E-state index contributed by atoms with van der Waals surface area (Å²) in [5, 5.41) is 11.8. The van der Waals surface area contributed by atoms with Crippen molar-refractivity contribution in [3.8, 4) is 0 Å². The molecule has 0 aromatic rings. The van der Waals surface area contributed by atoms with Crippen molar-refractivity contribution in [2.24, 2.45) is 0 Å². The largest absolute Gasteiger partial charge is 0.374 e. The molecule has 2 N–H and O–H groups in total. The van der Waals surface area contributed by atoms with Crippen LogP contribution in [0.2, 0.25) is 0 Å². The van der Waals surface area contributed by atoms with Gasteiger partial charge in [0.25, 0.3) is 0 Å². The van der Waals surface area contributed by atoms with Gasteiger partial charge in [-0.15, -0.1) is 0 Å². The highest BCUT2D eigenvalue weighted by molar-refractivity contribution is 4.79. The Morgan fingerprint density at radius 1 is 1.00 bits per heavy atom. The summed E-state index contributed by atoms with van der Waals surface area (Å²) >= 11 is 0. The van der Waals surface area contributed by atoms with Crippen molar-refractivity contribution >= 4 is 0 Å². The van der Waals surface area contributed by atoms with Gasteiger partial charge in [0.1, 0.15) is 6.23 Å². The fourth-order valence-corrected chi connectivity index (χ4v) is 1.69. The third-order valence-electron chi connectivity index (χ3n) is 2.68. The highest BCUT2D eigenvalue weighted by Gasteiger charge is 1.90. The van der Waals surface area contributed by atoms with Crippen molar-refractivity contribution in [3.63, 3.8) is 0 Å². The third-order valence-corrected chi connectivity index (χ3v) is 2.68. The molecule has 0 rings (SSSR count). The van der Waals surface area contributed by atoms with Gasteiger partial charge in [0.05, 0.1) is 0 Å². The predicted molar refractivity (Wildman–Crippen MR) is 71.2 cm³/mol. The fraction of sp³-hybridized carbons (Fsp3) is 0.857. The molecule has 0 bridgehead atoms. The molecule has 0 amide bonds. The lowest BCUT2D eigenvalue weighted by Crippen LogP contribution is -2.18. The smallest absolute Gasteiger partial charge is 0.121 e. The molecule has 0 aromatic heterocycles. The van der Waals surface area contributed by atoms with Crippen LogP contribution in [-0.4, -0.2) is 11.3 Å². The zero-order chi connectivity index (χ0) is 12.1. The van der Waals surface area contributed by atoms with Crippen LogP contribution < -0.4 is 5.32 Å². The Labute approximate surface area is 101 Å². The molecule has 0 spiro atoms. The number of aliphatic hydroxyl groups is 1. The van der Waals surface area contributed by atoms with Gasteiger partial charge in [-0.25, -0.2) is 0 Å². The normalized spacial score (nSPS) is 13.2. The molecule has 0 saturated carbocycles.